The molecular formula is C13H24N2O3. The molecule has 2 N–H and O–H groups in total. The number of nitrogens with one attached hydrogen (secondary N) is 1. The number of hydrogen-bond acceptors (Lipinski definition) is 3. The third kappa shape index (κ3) is 4.29. The van der Waals surface area contributed by atoms with Crippen molar-refractivity contribution in [3.8, 4) is 0 Å². The van der Waals surface area contributed by atoms with Crippen LogP contribution in [0.3, 0.4) is 0 Å². The normalized spacial score (nSPS) is 25.3. The van der Waals surface area contributed by atoms with Crippen molar-refractivity contribution in [3.05, 3.63) is 0 Å². The van der Waals surface area contributed by atoms with Gasteiger partial charge in [0, 0.05) is 12.6 Å². The van der Waals surface area contributed by atoms with E-state index in [-0.39, 0.29) is 18.4 Å². The van der Waals surface area contributed by atoms with Crippen molar-refractivity contribution in [2.24, 2.45) is 5.92 Å². The first-order valence-electron chi connectivity index (χ1n) is 6.67. The molecule has 1 rings (SSSR count). The zero-order chi connectivity index (χ0) is 13.7. The monoisotopic (exact) mass is 256 g/mol. The van der Waals surface area contributed by atoms with Crippen LogP contribution in [0.15, 0.2) is 0 Å². The summed E-state index contributed by atoms with van der Waals surface area (Å²) in [6.07, 6.45) is 1.69. The minimum atomic E-state index is -0.931. The van der Waals surface area contributed by atoms with Crippen LogP contribution in [-0.4, -0.2) is 47.1 Å². The summed E-state index contributed by atoms with van der Waals surface area (Å²) in [5.41, 5.74) is 0. The van der Waals surface area contributed by atoms with Crippen LogP contribution in [0.4, 0.5) is 0 Å². The number of carbonyl (C=O) groups is 2. The Balaban J connectivity index is 2.70. The summed E-state index contributed by atoms with van der Waals surface area (Å²) in [6, 6.07) is -0.387. The van der Waals surface area contributed by atoms with Crippen LogP contribution in [0.1, 0.15) is 40.0 Å². The molecule has 0 bridgehead atoms. The Labute approximate surface area is 109 Å². The second-order valence-electron chi connectivity index (χ2n) is 5.46. The van der Waals surface area contributed by atoms with Crippen LogP contribution in [0.5, 0.6) is 0 Å². The van der Waals surface area contributed by atoms with Crippen LogP contribution >= 0.6 is 0 Å². The van der Waals surface area contributed by atoms with Crippen molar-refractivity contribution in [3.63, 3.8) is 0 Å². The van der Waals surface area contributed by atoms with Crippen LogP contribution < -0.4 is 5.32 Å². The van der Waals surface area contributed by atoms with Gasteiger partial charge in [-0.25, -0.2) is 0 Å². The maximum Gasteiger partial charge on any atom is 0.305 e. The standard InChI is InChI=1S/C13H24N2O3/c1-9(2)5-7-15-10(3)4-6-14-11(13(15)18)8-12(16)17/h9-11,14H,4-8H2,1-3H3,(H,16,17). The fourth-order valence-electron chi connectivity index (χ4n) is 2.19. The molecule has 0 spiro atoms. The molecule has 0 aromatic carbocycles. The molecule has 0 aromatic rings. The van der Waals surface area contributed by atoms with Gasteiger partial charge in [-0.05, 0) is 32.2 Å². The van der Waals surface area contributed by atoms with Gasteiger partial charge in [-0.3, -0.25) is 9.59 Å². The maximum atomic E-state index is 12.3. The lowest BCUT2D eigenvalue weighted by Gasteiger charge is -2.29. The van der Waals surface area contributed by atoms with Gasteiger partial charge < -0.3 is 15.3 Å². The molecule has 104 valence electrons. The van der Waals surface area contributed by atoms with E-state index < -0.39 is 12.0 Å². The highest BCUT2D eigenvalue weighted by atomic mass is 16.4. The van der Waals surface area contributed by atoms with E-state index in [1.54, 1.807) is 0 Å². The molecule has 1 fully saturated rings. The minimum Gasteiger partial charge on any atom is -0.481 e. The average Bonchev–Trinajstić information content (AvgIpc) is 2.37. The van der Waals surface area contributed by atoms with Gasteiger partial charge in [0.15, 0.2) is 0 Å². The Bertz CT molecular complexity index is 305. The smallest absolute Gasteiger partial charge is 0.305 e. The van der Waals surface area contributed by atoms with Gasteiger partial charge in [0.1, 0.15) is 0 Å². The molecule has 1 aliphatic heterocycles. The van der Waals surface area contributed by atoms with Crippen molar-refractivity contribution < 1.29 is 14.7 Å². The third-order valence-electron chi connectivity index (χ3n) is 3.39. The van der Waals surface area contributed by atoms with Crippen molar-refractivity contribution in [2.75, 3.05) is 13.1 Å². The first-order valence-corrected chi connectivity index (χ1v) is 6.67. The lowest BCUT2D eigenvalue weighted by Crippen LogP contribution is -2.47. The molecule has 0 aromatic heterocycles. The molecule has 1 heterocycles. The molecule has 0 radical (unpaired) electrons. The second-order valence-corrected chi connectivity index (χ2v) is 5.46. The predicted octanol–water partition coefficient (Wildman–Crippen LogP) is 1.09. The Morgan fingerprint density at radius 1 is 1.56 bits per heavy atom. The molecule has 0 aliphatic carbocycles. The predicted molar refractivity (Wildman–Crippen MR) is 69.3 cm³/mol. The van der Waals surface area contributed by atoms with E-state index in [9.17, 15) is 9.59 Å². The first kappa shape index (κ1) is 15.0. The number of carboxylic acids is 1. The first-order chi connectivity index (χ1) is 8.41. The summed E-state index contributed by atoms with van der Waals surface area (Å²) >= 11 is 0. The van der Waals surface area contributed by atoms with E-state index in [1.807, 2.05) is 11.8 Å². The highest BCUT2D eigenvalue weighted by Gasteiger charge is 2.31. The molecule has 5 heteroatoms. The minimum absolute atomic E-state index is 0.0666. The summed E-state index contributed by atoms with van der Waals surface area (Å²) in [4.78, 5) is 24.9. The zero-order valence-corrected chi connectivity index (χ0v) is 11.5. The molecule has 1 amide bonds. The van der Waals surface area contributed by atoms with Crippen molar-refractivity contribution in [2.45, 2.75) is 52.1 Å². The van der Waals surface area contributed by atoms with E-state index in [4.69, 9.17) is 5.11 Å². The van der Waals surface area contributed by atoms with Crippen molar-refractivity contribution in [1.29, 1.82) is 0 Å². The number of amides is 1. The Morgan fingerprint density at radius 3 is 2.78 bits per heavy atom. The summed E-state index contributed by atoms with van der Waals surface area (Å²) in [5, 5.41) is 11.9. The van der Waals surface area contributed by atoms with Crippen LogP contribution in [-0.2, 0) is 9.59 Å². The molecule has 2 unspecified atom stereocenters. The lowest BCUT2D eigenvalue weighted by molar-refractivity contribution is -0.143. The number of nitrogens with zero attached hydrogens (tertiary/aromatic N) is 1. The maximum absolute atomic E-state index is 12.3. The van der Waals surface area contributed by atoms with E-state index in [2.05, 4.69) is 19.2 Å². The van der Waals surface area contributed by atoms with Gasteiger partial charge in [-0.15, -0.1) is 0 Å². The quantitative estimate of drug-likeness (QED) is 0.772. The van der Waals surface area contributed by atoms with E-state index in [0.29, 0.717) is 12.5 Å². The molecule has 18 heavy (non-hydrogen) atoms. The largest absolute Gasteiger partial charge is 0.481 e. The molecule has 1 aliphatic rings. The molecule has 2 atom stereocenters. The van der Waals surface area contributed by atoms with Gasteiger partial charge >= 0.3 is 5.97 Å². The number of aliphatic carboxylic acids is 1. The number of rotatable bonds is 5. The molecule has 0 saturated carbocycles. The van der Waals surface area contributed by atoms with Gasteiger partial charge in [0.05, 0.1) is 12.5 Å². The number of carboxylic acid groups (broad SMARTS) is 1. The fourth-order valence-corrected chi connectivity index (χ4v) is 2.19. The molecule has 1 saturated heterocycles. The van der Waals surface area contributed by atoms with E-state index >= 15 is 0 Å². The number of carbonyl (C=O) groups excluding carboxylic acids is 1. The average molecular weight is 256 g/mol. The van der Waals surface area contributed by atoms with Gasteiger partial charge in [0.25, 0.3) is 0 Å². The summed E-state index contributed by atoms with van der Waals surface area (Å²) in [5.74, 6) is -0.457. The fraction of sp³-hybridized carbons (Fsp3) is 0.846. The third-order valence-corrected chi connectivity index (χ3v) is 3.39. The van der Waals surface area contributed by atoms with Crippen LogP contribution in [0.25, 0.3) is 0 Å². The Kier molecular flexibility index (Phi) is 5.59. The Morgan fingerprint density at radius 2 is 2.22 bits per heavy atom. The Hall–Kier alpha value is -1.10. The summed E-state index contributed by atoms with van der Waals surface area (Å²) in [7, 11) is 0. The van der Waals surface area contributed by atoms with E-state index in [1.165, 1.54) is 0 Å². The zero-order valence-electron chi connectivity index (χ0n) is 11.5. The summed E-state index contributed by atoms with van der Waals surface area (Å²) in [6.45, 7) is 7.70. The van der Waals surface area contributed by atoms with Gasteiger partial charge in [-0.1, -0.05) is 13.8 Å². The van der Waals surface area contributed by atoms with Crippen LogP contribution in [0.2, 0.25) is 0 Å². The van der Waals surface area contributed by atoms with Crippen molar-refractivity contribution in [1.82, 2.24) is 10.2 Å². The van der Waals surface area contributed by atoms with Gasteiger partial charge in [-0.2, -0.15) is 0 Å². The lowest BCUT2D eigenvalue weighted by atomic mass is 10.1. The van der Waals surface area contributed by atoms with Crippen molar-refractivity contribution >= 4 is 11.9 Å². The second kappa shape index (κ2) is 6.73. The highest BCUT2D eigenvalue weighted by molar-refractivity contribution is 5.86. The summed E-state index contributed by atoms with van der Waals surface area (Å²) < 4.78 is 0. The SMILES string of the molecule is CC(C)CCN1C(=O)C(CC(=O)O)NCCC1C. The molecule has 5 nitrogen and oxygen atoms in total. The molecular weight excluding hydrogens is 232 g/mol. The number of hydrogen-bond donors (Lipinski definition) is 2. The van der Waals surface area contributed by atoms with Crippen LogP contribution in [0, 0.1) is 5.92 Å². The topological polar surface area (TPSA) is 69.6 Å². The van der Waals surface area contributed by atoms with E-state index in [0.717, 1.165) is 19.4 Å². The highest BCUT2D eigenvalue weighted by Crippen LogP contribution is 2.14. The van der Waals surface area contributed by atoms with Gasteiger partial charge in [0.2, 0.25) is 5.91 Å².